The second kappa shape index (κ2) is 4.94. The lowest BCUT2D eigenvalue weighted by Crippen LogP contribution is -1.90. The highest BCUT2D eigenvalue weighted by molar-refractivity contribution is 14.1. The Hall–Kier alpha value is -1.62. The van der Waals surface area contributed by atoms with E-state index in [0.717, 1.165) is 20.2 Å². The number of halogens is 1. The normalized spacial score (nSPS) is 10.5. The van der Waals surface area contributed by atoms with Crippen LogP contribution in [-0.2, 0) is 0 Å². The first-order valence-electron chi connectivity index (χ1n) is 5.61. The van der Waals surface area contributed by atoms with Crippen molar-refractivity contribution in [2.45, 2.75) is 0 Å². The van der Waals surface area contributed by atoms with Crippen LogP contribution in [0, 0.1) is 3.57 Å². The number of ether oxygens (including phenoxy) is 1. The average molecular weight is 347 g/mol. The standard InChI is InChI=1S/C15H10INO/c16-12-6-2-4-8-14(12)18-15-10-9-11-5-1-3-7-13(11)17-15/h1-10H. The lowest BCUT2D eigenvalue weighted by atomic mass is 10.2. The van der Waals surface area contributed by atoms with Gasteiger partial charge in [-0.2, -0.15) is 0 Å². The Morgan fingerprint density at radius 1 is 0.833 bits per heavy atom. The molecule has 0 radical (unpaired) electrons. The Balaban J connectivity index is 1.98. The SMILES string of the molecule is Ic1ccccc1Oc1ccc2ccccc2n1. The molecule has 1 heterocycles. The van der Waals surface area contributed by atoms with Gasteiger partial charge in [0.25, 0.3) is 0 Å². The summed E-state index contributed by atoms with van der Waals surface area (Å²) in [5, 5.41) is 1.12. The number of fused-ring (bicyclic) bond motifs is 1. The molecule has 18 heavy (non-hydrogen) atoms. The minimum Gasteiger partial charge on any atom is -0.438 e. The van der Waals surface area contributed by atoms with E-state index in [2.05, 4.69) is 27.6 Å². The Morgan fingerprint density at radius 3 is 2.50 bits per heavy atom. The van der Waals surface area contributed by atoms with E-state index < -0.39 is 0 Å². The minimum atomic E-state index is 0.623. The Kier molecular flexibility index (Phi) is 3.15. The van der Waals surface area contributed by atoms with Crippen LogP contribution in [-0.4, -0.2) is 4.98 Å². The highest BCUT2D eigenvalue weighted by Gasteiger charge is 2.03. The molecule has 0 aliphatic heterocycles. The Bertz CT molecular complexity index is 697. The summed E-state index contributed by atoms with van der Waals surface area (Å²) < 4.78 is 6.87. The van der Waals surface area contributed by atoms with E-state index in [0.29, 0.717) is 5.88 Å². The molecule has 3 aromatic rings. The molecule has 3 heteroatoms. The van der Waals surface area contributed by atoms with Gasteiger partial charge in [0.15, 0.2) is 0 Å². The van der Waals surface area contributed by atoms with E-state index >= 15 is 0 Å². The monoisotopic (exact) mass is 347 g/mol. The van der Waals surface area contributed by atoms with E-state index in [1.165, 1.54) is 0 Å². The maximum Gasteiger partial charge on any atom is 0.219 e. The molecule has 88 valence electrons. The number of rotatable bonds is 2. The number of nitrogens with zero attached hydrogens (tertiary/aromatic N) is 1. The van der Waals surface area contributed by atoms with Gasteiger partial charge in [0.1, 0.15) is 5.75 Å². The third-order valence-electron chi connectivity index (χ3n) is 2.62. The van der Waals surface area contributed by atoms with Gasteiger partial charge in [-0.15, -0.1) is 0 Å². The van der Waals surface area contributed by atoms with Crippen LogP contribution in [0.3, 0.4) is 0 Å². The van der Waals surface area contributed by atoms with E-state index in [1.807, 2.05) is 60.7 Å². The Labute approximate surface area is 119 Å². The molecule has 0 unspecified atom stereocenters. The van der Waals surface area contributed by atoms with Gasteiger partial charge in [-0.05, 0) is 46.9 Å². The van der Waals surface area contributed by atoms with Gasteiger partial charge in [-0.1, -0.05) is 30.3 Å². The highest BCUT2D eigenvalue weighted by Crippen LogP contribution is 2.26. The van der Waals surface area contributed by atoms with Crippen molar-refractivity contribution >= 4 is 33.5 Å². The van der Waals surface area contributed by atoms with Gasteiger partial charge in [0.2, 0.25) is 5.88 Å². The summed E-state index contributed by atoms with van der Waals surface area (Å²) in [5.74, 6) is 1.46. The van der Waals surface area contributed by atoms with Crippen molar-refractivity contribution in [2.24, 2.45) is 0 Å². The highest BCUT2D eigenvalue weighted by atomic mass is 127. The van der Waals surface area contributed by atoms with E-state index in [1.54, 1.807) is 0 Å². The van der Waals surface area contributed by atoms with Gasteiger partial charge in [0, 0.05) is 11.5 Å². The molecule has 2 aromatic carbocycles. The molecule has 0 amide bonds. The van der Waals surface area contributed by atoms with Crippen LogP contribution in [0.5, 0.6) is 11.6 Å². The van der Waals surface area contributed by atoms with Crippen molar-refractivity contribution in [3.63, 3.8) is 0 Å². The van der Waals surface area contributed by atoms with Crippen molar-refractivity contribution in [2.75, 3.05) is 0 Å². The maximum absolute atomic E-state index is 5.80. The molecule has 0 fully saturated rings. The van der Waals surface area contributed by atoms with Crippen LogP contribution in [0.15, 0.2) is 60.7 Å². The number of benzene rings is 2. The van der Waals surface area contributed by atoms with Crippen LogP contribution in [0.25, 0.3) is 10.9 Å². The summed E-state index contributed by atoms with van der Waals surface area (Å²) in [5.41, 5.74) is 0.945. The van der Waals surface area contributed by atoms with Gasteiger partial charge in [-0.25, -0.2) is 4.98 Å². The minimum absolute atomic E-state index is 0.623. The van der Waals surface area contributed by atoms with Gasteiger partial charge < -0.3 is 4.74 Å². The van der Waals surface area contributed by atoms with Crippen LogP contribution >= 0.6 is 22.6 Å². The van der Waals surface area contributed by atoms with Crippen molar-refractivity contribution in [1.82, 2.24) is 4.98 Å². The van der Waals surface area contributed by atoms with Gasteiger partial charge in [-0.3, -0.25) is 0 Å². The lowest BCUT2D eigenvalue weighted by Gasteiger charge is -2.07. The second-order valence-electron chi connectivity index (χ2n) is 3.87. The number of pyridine rings is 1. The molecule has 3 rings (SSSR count). The third-order valence-corrected chi connectivity index (χ3v) is 3.52. The molecule has 0 spiro atoms. The molecular weight excluding hydrogens is 337 g/mol. The lowest BCUT2D eigenvalue weighted by molar-refractivity contribution is 0.462. The van der Waals surface area contributed by atoms with Gasteiger partial charge >= 0.3 is 0 Å². The molecule has 0 aliphatic carbocycles. The van der Waals surface area contributed by atoms with Crippen LogP contribution in [0.4, 0.5) is 0 Å². The van der Waals surface area contributed by atoms with Crippen LogP contribution in [0.2, 0.25) is 0 Å². The van der Waals surface area contributed by atoms with Crippen molar-refractivity contribution < 1.29 is 4.74 Å². The summed E-state index contributed by atoms with van der Waals surface area (Å²) in [6.45, 7) is 0. The first-order chi connectivity index (χ1) is 8.83. The van der Waals surface area contributed by atoms with E-state index in [9.17, 15) is 0 Å². The predicted octanol–water partition coefficient (Wildman–Crippen LogP) is 4.63. The zero-order chi connectivity index (χ0) is 12.4. The average Bonchev–Trinajstić information content (AvgIpc) is 2.41. The van der Waals surface area contributed by atoms with Gasteiger partial charge in [0.05, 0.1) is 9.09 Å². The zero-order valence-electron chi connectivity index (χ0n) is 9.51. The maximum atomic E-state index is 5.80. The fourth-order valence-electron chi connectivity index (χ4n) is 1.74. The molecular formula is C15H10INO. The second-order valence-corrected chi connectivity index (χ2v) is 5.04. The molecule has 0 saturated heterocycles. The summed E-state index contributed by atoms with van der Waals surface area (Å²) in [6.07, 6.45) is 0. The number of hydrogen-bond acceptors (Lipinski definition) is 2. The summed E-state index contributed by atoms with van der Waals surface area (Å²) in [4.78, 5) is 4.49. The first kappa shape index (κ1) is 11.5. The van der Waals surface area contributed by atoms with Crippen LogP contribution < -0.4 is 4.74 Å². The molecule has 0 saturated carbocycles. The summed E-state index contributed by atoms with van der Waals surface area (Å²) >= 11 is 2.25. The number of aromatic nitrogens is 1. The smallest absolute Gasteiger partial charge is 0.219 e. The van der Waals surface area contributed by atoms with E-state index in [4.69, 9.17) is 4.74 Å². The number of para-hydroxylation sites is 2. The summed E-state index contributed by atoms with van der Waals surface area (Å²) in [6, 6.07) is 19.8. The van der Waals surface area contributed by atoms with Crippen molar-refractivity contribution in [3.05, 3.63) is 64.2 Å². The Morgan fingerprint density at radius 2 is 1.61 bits per heavy atom. The summed E-state index contributed by atoms with van der Waals surface area (Å²) in [7, 11) is 0. The van der Waals surface area contributed by atoms with Crippen molar-refractivity contribution in [1.29, 1.82) is 0 Å². The molecule has 1 aromatic heterocycles. The fraction of sp³-hybridized carbons (Fsp3) is 0. The molecule has 2 nitrogen and oxygen atoms in total. The predicted molar refractivity (Wildman–Crippen MR) is 81.0 cm³/mol. The van der Waals surface area contributed by atoms with Crippen molar-refractivity contribution in [3.8, 4) is 11.6 Å². The third kappa shape index (κ3) is 2.31. The topological polar surface area (TPSA) is 22.1 Å². The molecule has 0 atom stereocenters. The zero-order valence-corrected chi connectivity index (χ0v) is 11.7. The molecule has 0 aliphatic rings. The van der Waals surface area contributed by atoms with E-state index in [-0.39, 0.29) is 0 Å². The fourth-order valence-corrected chi connectivity index (χ4v) is 2.24. The molecule has 0 bridgehead atoms. The molecule has 0 N–H and O–H groups in total. The largest absolute Gasteiger partial charge is 0.438 e. The number of hydrogen-bond donors (Lipinski definition) is 0. The first-order valence-corrected chi connectivity index (χ1v) is 6.69. The quantitative estimate of drug-likeness (QED) is 0.631. The van der Waals surface area contributed by atoms with Crippen LogP contribution in [0.1, 0.15) is 0 Å².